The van der Waals surface area contributed by atoms with Crippen LogP contribution in [-0.2, 0) is 6.42 Å². The lowest BCUT2D eigenvalue weighted by Gasteiger charge is -2.39. The molecule has 1 aromatic carbocycles. The molecule has 1 fully saturated rings. The third kappa shape index (κ3) is 2.19. The van der Waals surface area contributed by atoms with E-state index < -0.39 is 5.97 Å². The molecule has 2 unspecified atom stereocenters. The zero-order valence-electron chi connectivity index (χ0n) is 12.1. The van der Waals surface area contributed by atoms with Gasteiger partial charge in [0.2, 0.25) is 0 Å². The van der Waals surface area contributed by atoms with Crippen molar-refractivity contribution in [1.29, 1.82) is 0 Å². The first-order valence-corrected chi connectivity index (χ1v) is 7.84. The number of benzene rings is 1. The van der Waals surface area contributed by atoms with Gasteiger partial charge in [0.15, 0.2) is 0 Å². The Bertz CT molecular complexity index is 512. The third-order valence-electron chi connectivity index (χ3n) is 5.06. The van der Waals surface area contributed by atoms with Crippen molar-refractivity contribution in [2.24, 2.45) is 5.92 Å². The molecule has 3 rings (SSSR count). The minimum atomic E-state index is -0.790. The van der Waals surface area contributed by atoms with E-state index in [1.807, 2.05) is 6.07 Å². The summed E-state index contributed by atoms with van der Waals surface area (Å²) in [5, 5.41) is 9.37. The van der Waals surface area contributed by atoms with E-state index in [4.69, 9.17) is 0 Å². The largest absolute Gasteiger partial charge is 0.478 e. The van der Waals surface area contributed by atoms with Gasteiger partial charge in [-0.1, -0.05) is 25.8 Å². The van der Waals surface area contributed by atoms with Crippen molar-refractivity contribution in [2.75, 3.05) is 11.4 Å². The van der Waals surface area contributed by atoms with Crippen LogP contribution < -0.4 is 4.90 Å². The van der Waals surface area contributed by atoms with Crippen LogP contribution >= 0.6 is 0 Å². The van der Waals surface area contributed by atoms with Crippen molar-refractivity contribution >= 4 is 11.7 Å². The van der Waals surface area contributed by atoms with Gasteiger partial charge in [0.1, 0.15) is 0 Å². The number of carboxylic acids is 1. The van der Waals surface area contributed by atoms with Crippen LogP contribution in [0, 0.1) is 5.92 Å². The lowest BCUT2D eigenvalue weighted by atomic mass is 9.92. The summed E-state index contributed by atoms with van der Waals surface area (Å²) in [6.45, 7) is 3.36. The Morgan fingerprint density at radius 1 is 1.35 bits per heavy atom. The standard InChI is InChI=1S/C17H23NO2/c1-2-12-6-3-9-15(12)18-11-5-8-13-14(17(19)20)7-4-10-16(13)18/h4,7,10,12,15H,2-3,5-6,8-9,11H2,1H3,(H,19,20). The molecule has 1 aliphatic heterocycles. The predicted molar refractivity (Wildman–Crippen MR) is 80.5 cm³/mol. The maximum absolute atomic E-state index is 11.4. The molecule has 2 atom stereocenters. The minimum absolute atomic E-state index is 0.498. The molecule has 0 bridgehead atoms. The Kier molecular flexibility index (Phi) is 3.68. The second kappa shape index (κ2) is 5.47. The smallest absolute Gasteiger partial charge is 0.336 e. The molecule has 0 spiro atoms. The fourth-order valence-corrected chi connectivity index (χ4v) is 4.10. The van der Waals surface area contributed by atoms with Crippen LogP contribution in [0.4, 0.5) is 5.69 Å². The Morgan fingerprint density at radius 3 is 2.95 bits per heavy atom. The van der Waals surface area contributed by atoms with E-state index in [9.17, 15) is 9.90 Å². The van der Waals surface area contributed by atoms with Crippen LogP contribution in [0.25, 0.3) is 0 Å². The number of hydrogen-bond acceptors (Lipinski definition) is 2. The Morgan fingerprint density at radius 2 is 2.20 bits per heavy atom. The second-order valence-electron chi connectivity index (χ2n) is 6.07. The average Bonchev–Trinajstić information content (AvgIpc) is 2.94. The lowest BCUT2D eigenvalue weighted by molar-refractivity contribution is 0.0695. The van der Waals surface area contributed by atoms with E-state index in [0.717, 1.165) is 30.9 Å². The van der Waals surface area contributed by atoms with Crippen LogP contribution in [0.15, 0.2) is 18.2 Å². The summed E-state index contributed by atoms with van der Waals surface area (Å²) >= 11 is 0. The molecule has 1 heterocycles. The number of anilines is 1. The van der Waals surface area contributed by atoms with Crippen LogP contribution in [-0.4, -0.2) is 23.7 Å². The summed E-state index contributed by atoms with van der Waals surface area (Å²) in [6.07, 6.45) is 7.10. The second-order valence-corrected chi connectivity index (χ2v) is 6.07. The summed E-state index contributed by atoms with van der Waals surface area (Å²) < 4.78 is 0. The van der Waals surface area contributed by atoms with E-state index in [-0.39, 0.29) is 0 Å². The van der Waals surface area contributed by atoms with E-state index >= 15 is 0 Å². The van der Waals surface area contributed by atoms with Crippen LogP contribution in [0.5, 0.6) is 0 Å². The highest BCUT2D eigenvalue weighted by atomic mass is 16.4. The quantitative estimate of drug-likeness (QED) is 0.912. The van der Waals surface area contributed by atoms with Gasteiger partial charge < -0.3 is 10.0 Å². The zero-order valence-corrected chi connectivity index (χ0v) is 12.1. The molecule has 1 aliphatic carbocycles. The van der Waals surface area contributed by atoms with Gasteiger partial charge >= 0.3 is 5.97 Å². The highest BCUT2D eigenvalue weighted by Crippen LogP contribution is 2.39. The number of aromatic carboxylic acids is 1. The van der Waals surface area contributed by atoms with Crippen molar-refractivity contribution in [3.05, 3.63) is 29.3 Å². The third-order valence-corrected chi connectivity index (χ3v) is 5.06. The Balaban J connectivity index is 1.98. The molecule has 1 saturated carbocycles. The van der Waals surface area contributed by atoms with E-state index in [2.05, 4.69) is 17.9 Å². The average molecular weight is 273 g/mol. The van der Waals surface area contributed by atoms with Crippen LogP contribution in [0.1, 0.15) is 54.9 Å². The van der Waals surface area contributed by atoms with Crippen molar-refractivity contribution in [3.63, 3.8) is 0 Å². The SMILES string of the molecule is CCC1CCCC1N1CCCc2c(C(=O)O)cccc21. The lowest BCUT2D eigenvalue weighted by Crippen LogP contribution is -2.41. The summed E-state index contributed by atoms with van der Waals surface area (Å²) in [5.41, 5.74) is 2.73. The molecule has 1 aromatic rings. The molecule has 0 amide bonds. The van der Waals surface area contributed by atoms with Gasteiger partial charge in [0, 0.05) is 18.3 Å². The summed E-state index contributed by atoms with van der Waals surface area (Å²) in [4.78, 5) is 13.9. The molecule has 20 heavy (non-hydrogen) atoms. The number of rotatable bonds is 3. The van der Waals surface area contributed by atoms with Gasteiger partial charge in [0.25, 0.3) is 0 Å². The van der Waals surface area contributed by atoms with Crippen LogP contribution in [0.3, 0.4) is 0 Å². The maximum Gasteiger partial charge on any atom is 0.336 e. The van der Waals surface area contributed by atoms with Crippen LogP contribution in [0.2, 0.25) is 0 Å². The van der Waals surface area contributed by atoms with Gasteiger partial charge in [-0.25, -0.2) is 4.79 Å². The first-order chi connectivity index (χ1) is 9.72. The van der Waals surface area contributed by atoms with E-state index in [1.54, 1.807) is 6.07 Å². The highest BCUT2D eigenvalue weighted by molar-refractivity contribution is 5.91. The van der Waals surface area contributed by atoms with Gasteiger partial charge in [-0.05, 0) is 49.3 Å². The normalized spacial score (nSPS) is 25.6. The van der Waals surface area contributed by atoms with Crippen molar-refractivity contribution < 1.29 is 9.90 Å². The highest BCUT2D eigenvalue weighted by Gasteiger charge is 2.34. The molecule has 1 N–H and O–H groups in total. The molecule has 0 radical (unpaired) electrons. The summed E-state index contributed by atoms with van der Waals surface area (Å²) in [6, 6.07) is 6.38. The topological polar surface area (TPSA) is 40.5 Å². The van der Waals surface area contributed by atoms with Crippen molar-refractivity contribution in [3.8, 4) is 0 Å². The number of fused-ring (bicyclic) bond motifs is 1. The molecular weight excluding hydrogens is 250 g/mol. The molecule has 0 saturated heterocycles. The molecule has 2 aliphatic rings. The van der Waals surface area contributed by atoms with Crippen molar-refractivity contribution in [1.82, 2.24) is 0 Å². The monoisotopic (exact) mass is 273 g/mol. The summed E-state index contributed by atoms with van der Waals surface area (Å²) in [5.74, 6) is -0.0170. The number of nitrogens with zero attached hydrogens (tertiary/aromatic N) is 1. The van der Waals surface area contributed by atoms with Gasteiger partial charge in [-0.15, -0.1) is 0 Å². The number of hydrogen-bond donors (Lipinski definition) is 1. The van der Waals surface area contributed by atoms with Gasteiger partial charge in [-0.2, -0.15) is 0 Å². The number of carbonyl (C=O) groups is 1. The molecule has 3 nitrogen and oxygen atoms in total. The maximum atomic E-state index is 11.4. The predicted octanol–water partition coefficient (Wildman–Crippen LogP) is 3.72. The summed E-state index contributed by atoms with van der Waals surface area (Å²) in [7, 11) is 0. The fourth-order valence-electron chi connectivity index (χ4n) is 4.10. The van der Waals surface area contributed by atoms with Crippen molar-refractivity contribution in [2.45, 2.75) is 51.5 Å². The zero-order chi connectivity index (χ0) is 14.1. The molecular formula is C17H23NO2. The Labute approximate surface area is 120 Å². The minimum Gasteiger partial charge on any atom is -0.478 e. The number of carboxylic acid groups (broad SMARTS) is 1. The molecule has 3 heteroatoms. The van der Waals surface area contributed by atoms with Gasteiger partial charge in [-0.3, -0.25) is 0 Å². The first-order valence-electron chi connectivity index (χ1n) is 7.84. The van der Waals surface area contributed by atoms with E-state index in [0.29, 0.717) is 11.6 Å². The van der Waals surface area contributed by atoms with E-state index in [1.165, 1.54) is 31.4 Å². The molecule has 0 aromatic heterocycles. The van der Waals surface area contributed by atoms with Gasteiger partial charge in [0.05, 0.1) is 5.56 Å². The Hall–Kier alpha value is -1.51. The fraction of sp³-hybridized carbons (Fsp3) is 0.588. The first kappa shape index (κ1) is 13.5. The molecule has 108 valence electrons.